The van der Waals surface area contributed by atoms with Gasteiger partial charge in [0.2, 0.25) is 0 Å². The zero-order valence-electron chi connectivity index (χ0n) is 2.32. The Labute approximate surface area is 34.6 Å². The van der Waals surface area contributed by atoms with E-state index in [2.05, 4.69) is 5.73 Å². The van der Waals surface area contributed by atoms with Crippen molar-refractivity contribution in [3.63, 3.8) is 0 Å². The van der Waals surface area contributed by atoms with Gasteiger partial charge in [-0.3, -0.25) is 5.73 Å². The maximum absolute atomic E-state index is 10.1. The van der Waals surface area contributed by atoms with E-state index in [4.69, 9.17) is 0 Å². The molecule has 0 aromatic carbocycles. The van der Waals surface area contributed by atoms with E-state index >= 15 is 0 Å². The number of alkyl halides is 2. The number of rotatable bonds is 0. The lowest BCUT2D eigenvalue weighted by atomic mass is 11.4. The molecule has 0 saturated heterocycles. The van der Waals surface area contributed by atoms with Crippen LogP contribution < -0.4 is 5.73 Å². The van der Waals surface area contributed by atoms with Gasteiger partial charge in [-0.15, -0.1) is 12.4 Å². The summed E-state index contributed by atoms with van der Waals surface area (Å²) in [5.74, 6) is 0. The van der Waals surface area contributed by atoms with Crippen LogP contribution >= 0.6 is 12.4 Å². The second-order valence-corrected chi connectivity index (χ2v) is 0.334. The van der Waals surface area contributed by atoms with Crippen LogP contribution in [-0.2, 0) is 0 Å². The van der Waals surface area contributed by atoms with Gasteiger partial charge in [0.05, 0.1) is 0 Å². The Bertz CT molecular complexity index is 14.4. The minimum Gasteiger partial charge on any atom is -0.275 e. The standard InChI is InChI=1S/CH3F2N.ClH/c2-1(3)4;/h1H,4H2;1H. The second kappa shape index (κ2) is 4.11. The number of hydrogen-bond donors (Lipinski definition) is 1. The Balaban J connectivity index is 0. The molecule has 4 heteroatoms. The molecule has 0 aromatic rings. The quantitative estimate of drug-likeness (QED) is 0.446. The highest BCUT2D eigenvalue weighted by Crippen LogP contribution is 1.71. The summed E-state index contributed by atoms with van der Waals surface area (Å²) in [6, 6.07) is 0. The van der Waals surface area contributed by atoms with Crippen molar-refractivity contribution in [3.8, 4) is 0 Å². The summed E-state index contributed by atoms with van der Waals surface area (Å²) < 4.78 is 20.2. The minimum absolute atomic E-state index is 0. The van der Waals surface area contributed by atoms with Gasteiger partial charge in [0, 0.05) is 0 Å². The molecule has 0 rings (SSSR count). The van der Waals surface area contributed by atoms with Crippen molar-refractivity contribution in [2.45, 2.75) is 6.55 Å². The minimum atomic E-state index is -2.67. The molecule has 0 saturated carbocycles. The van der Waals surface area contributed by atoms with Crippen molar-refractivity contribution in [2.75, 3.05) is 0 Å². The maximum atomic E-state index is 10.1. The van der Waals surface area contributed by atoms with Crippen LogP contribution in [0.1, 0.15) is 0 Å². The van der Waals surface area contributed by atoms with Gasteiger partial charge in [0.15, 0.2) is 0 Å². The van der Waals surface area contributed by atoms with E-state index in [0.717, 1.165) is 0 Å². The first-order valence-electron chi connectivity index (χ1n) is 0.770. The molecule has 0 bridgehead atoms. The molecular formula is CH4ClF2N. The third kappa shape index (κ3) is 1510. The van der Waals surface area contributed by atoms with E-state index in [1.807, 2.05) is 0 Å². The molecule has 0 heterocycles. The highest BCUT2D eigenvalue weighted by atomic mass is 35.5. The molecule has 0 unspecified atom stereocenters. The lowest BCUT2D eigenvalue weighted by molar-refractivity contribution is 0.157. The van der Waals surface area contributed by atoms with Crippen molar-refractivity contribution in [2.24, 2.45) is 5.73 Å². The molecular weight excluding hydrogens is 99.5 g/mol. The Hall–Kier alpha value is 0.110. The third-order valence-electron chi connectivity index (χ3n) is 0. The summed E-state index contributed by atoms with van der Waals surface area (Å²) >= 11 is 0. The second-order valence-electron chi connectivity index (χ2n) is 0.334. The van der Waals surface area contributed by atoms with Crippen LogP contribution in [0.4, 0.5) is 8.78 Å². The smallest absolute Gasteiger partial charge is 0.275 e. The van der Waals surface area contributed by atoms with Crippen LogP contribution in [0.15, 0.2) is 0 Å². The van der Waals surface area contributed by atoms with Gasteiger partial charge in [-0.2, -0.15) is 8.78 Å². The number of halogens is 3. The van der Waals surface area contributed by atoms with Crippen LogP contribution in [0.3, 0.4) is 0 Å². The van der Waals surface area contributed by atoms with E-state index in [-0.39, 0.29) is 12.4 Å². The number of hydrogen-bond acceptors (Lipinski definition) is 1. The van der Waals surface area contributed by atoms with E-state index in [9.17, 15) is 8.78 Å². The molecule has 0 amide bonds. The molecule has 0 aliphatic heterocycles. The van der Waals surface area contributed by atoms with Crippen molar-refractivity contribution >= 4 is 12.4 Å². The Morgan fingerprint density at radius 2 is 1.40 bits per heavy atom. The van der Waals surface area contributed by atoms with Crippen LogP contribution in [0, 0.1) is 0 Å². The van der Waals surface area contributed by atoms with Crippen molar-refractivity contribution in [1.82, 2.24) is 0 Å². The summed E-state index contributed by atoms with van der Waals surface area (Å²) in [6.07, 6.45) is 0. The van der Waals surface area contributed by atoms with Crippen molar-refractivity contribution in [3.05, 3.63) is 0 Å². The summed E-state index contributed by atoms with van der Waals surface area (Å²) in [5, 5.41) is 0. The predicted octanol–water partition coefficient (Wildman–Crippen LogP) is 0.590. The van der Waals surface area contributed by atoms with Crippen LogP contribution in [-0.4, -0.2) is 6.55 Å². The summed E-state index contributed by atoms with van der Waals surface area (Å²) in [4.78, 5) is 0. The average Bonchev–Trinajstić information content (AvgIpc) is 0.811. The molecule has 0 aromatic heterocycles. The number of nitrogens with two attached hydrogens (primary N) is 1. The SMILES string of the molecule is Cl.NC(F)F. The first-order chi connectivity index (χ1) is 1.73. The topological polar surface area (TPSA) is 26.0 Å². The molecule has 0 spiro atoms. The first kappa shape index (κ1) is 8.92. The van der Waals surface area contributed by atoms with Crippen molar-refractivity contribution < 1.29 is 8.78 Å². The van der Waals surface area contributed by atoms with Gasteiger partial charge in [0.25, 0.3) is 6.55 Å². The third-order valence-corrected chi connectivity index (χ3v) is 0. The van der Waals surface area contributed by atoms with E-state index in [0.29, 0.717) is 0 Å². The monoisotopic (exact) mass is 103 g/mol. The molecule has 1 nitrogen and oxygen atoms in total. The maximum Gasteiger partial charge on any atom is 0.289 e. The first-order valence-corrected chi connectivity index (χ1v) is 0.770. The molecule has 0 fully saturated rings. The Morgan fingerprint density at radius 3 is 1.40 bits per heavy atom. The van der Waals surface area contributed by atoms with E-state index in [1.54, 1.807) is 0 Å². The van der Waals surface area contributed by atoms with Crippen LogP contribution in [0.5, 0.6) is 0 Å². The predicted molar refractivity (Wildman–Crippen MR) is 17.4 cm³/mol. The fourth-order valence-corrected chi connectivity index (χ4v) is 0. The fraction of sp³-hybridized carbons (Fsp3) is 1.00. The van der Waals surface area contributed by atoms with Crippen LogP contribution in [0.25, 0.3) is 0 Å². The van der Waals surface area contributed by atoms with E-state index in [1.165, 1.54) is 0 Å². The molecule has 0 atom stereocenters. The lowest BCUT2D eigenvalue weighted by Crippen LogP contribution is -2.02. The summed E-state index contributed by atoms with van der Waals surface area (Å²) in [6.45, 7) is -2.67. The fourth-order valence-electron chi connectivity index (χ4n) is 0. The molecule has 34 valence electrons. The summed E-state index contributed by atoms with van der Waals surface area (Å²) in [7, 11) is 0. The van der Waals surface area contributed by atoms with Crippen LogP contribution in [0.2, 0.25) is 0 Å². The lowest BCUT2D eigenvalue weighted by Gasteiger charge is -1.72. The van der Waals surface area contributed by atoms with E-state index < -0.39 is 6.55 Å². The normalized spacial score (nSPS) is 7.20. The average molecular weight is 103 g/mol. The highest BCUT2D eigenvalue weighted by Gasteiger charge is 1.79. The Morgan fingerprint density at radius 1 is 1.40 bits per heavy atom. The zero-order chi connectivity index (χ0) is 3.58. The van der Waals surface area contributed by atoms with Crippen molar-refractivity contribution in [1.29, 1.82) is 0 Å². The van der Waals surface area contributed by atoms with Gasteiger partial charge < -0.3 is 0 Å². The molecule has 0 radical (unpaired) electrons. The zero-order valence-corrected chi connectivity index (χ0v) is 3.14. The molecule has 0 aliphatic carbocycles. The van der Waals surface area contributed by atoms with Gasteiger partial charge >= 0.3 is 0 Å². The Kier molecular flexibility index (Phi) is 7.34. The molecule has 5 heavy (non-hydrogen) atoms. The van der Waals surface area contributed by atoms with Gasteiger partial charge in [-0.05, 0) is 0 Å². The van der Waals surface area contributed by atoms with Gasteiger partial charge in [-0.25, -0.2) is 0 Å². The van der Waals surface area contributed by atoms with Gasteiger partial charge in [-0.1, -0.05) is 0 Å². The summed E-state index contributed by atoms with van der Waals surface area (Å²) in [5.41, 5.74) is 3.78. The molecule has 2 N–H and O–H groups in total. The van der Waals surface area contributed by atoms with Gasteiger partial charge in [0.1, 0.15) is 0 Å². The highest BCUT2D eigenvalue weighted by molar-refractivity contribution is 5.85. The largest absolute Gasteiger partial charge is 0.289 e. The molecule has 0 aliphatic rings.